The summed E-state index contributed by atoms with van der Waals surface area (Å²) in [6, 6.07) is 17.2. The van der Waals surface area contributed by atoms with E-state index in [0.29, 0.717) is 0 Å². The van der Waals surface area contributed by atoms with Crippen LogP contribution in [0, 0.1) is 6.92 Å². The van der Waals surface area contributed by atoms with E-state index in [4.69, 9.17) is 0 Å². The van der Waals surface area contributed by atoms with Crippen LogP contribution in [0.4, 0.5) is 0 Å². The third-order valence-corrected chi connectivity index (χ3v) is 5.50. The number of aryl methyl sites for hydroxylation is 1. The minimum absolute atomic E-state index is 0.192. The van der Waals surface area contributed by atoms with E-state index in [-0.39, 0.29) is 5.41 Å². The lowest BCUT2D eigenvalue weighted by Crippen LogP contribution is -2.10. The lowest BCUT2D eigenvalue weighted by Gasteiger charge is -2.19. The summed E-state index contributed by atoms with van der Waals surface area (Å²) in [5.41, 5.74) is 5.21. The fourth-order valence-electron chi connectivity index (χ4n) is 2.75. The van der Waals surface area contributed by atoms with Crippen molar-refractivity contribution in [2.75, 3.05) is 0 Å². The summed E-state index contributed by atoms with van der Waals surface area (Å²) in [4.78, 5) is 0. The van der Waals surface area contributed by atoms with Gasteiger partial charge in [0.15, 0.2) is 11.0 Å². The number of rotatable bonds is 4. The maximum Gasteiger partial charge on any atom is 0.191 e. The summed E-state index contributed by atoms with van der Waals surface area (Å²) in [5, 5.41) is 9.72. The van der Waals surface area contributed by atoms with Gasteiger partial charge in [-0.25, -0.2) is 0 Å². The van der Waals surface area contributed by atoms with Gasteiger partial charge in [-0.1, -0.05) is 81.1 Å². The summed E-state index contributed by atoms with van der Waals surface area (Å²) in [6.07, 6.45) is 0. The second kappa shape index (κ2) is 7.04. The Morgan fingerprint density at radius 1 is 0.960 bits per heavy atom. The number of nitrogens with zero attached hydrogens (tertiary/aromatic N) is 3. The lowest BCUT2D eigenvalue weighted by atomic mass is 9.87. The molecule has 1 heterocycles. The monoisotopic (exact) mass is 351 g/mol. The molecule has 3 aromatic rings. The SMILES string of the molecule is Cc1ccccc1-c1nnc(SCc2ccc(C(C)(C)C)cc2)n1C. The van der Waals surface area contributed by atoms with Crippen LogP contribution in [-0.4, -0.2) is 14.8 Å². The molecule has 1 aromatic heterocycles. The quantitative estimate of drug-likeness (QED) is 0.591. The summed E-state index contributed by atoms with van der Waals surface area (Å²) in [7, 11) is 2.03. The van der Waals surface area contributed by atoms with E-state index in [1.54, 1.807) is 11.8 Å². The van der Waals surface area contributed by atoms with Crippen LogP contribution in [0.2, 0.25) is 0 Å². The van der Waals surface area contributed by atoms with Crippen LogP contribution >= 0.6 is 11.8 Å². The van der Waals surface area contributed by atoms with E-state index in [9.17, 15) is 0 Å². The predicted octanol–water partition coefficient (Wildman–Crippen LogP) is 5.38. The van der Waals surface area contributed by atoms with Crippen LogP contribution in [0.25, 0.3) is 11.4 Å². The highest BCUT2D eigenvalue weighted by Crippen LogP contribution is 2.28. The normalized spacial score (nSPS) is 11.7. The summed E-state index contributed by atoms with van der Waals surface area (Å²) >= 11 is 1.72. The average molecular weight is 352 g/mol. The van der Waals surface area contributed by atoms with E-state index >= 15 is 0 Å². The maximum absolute atomic E-state index is 4.40. The van der Waals surface area contributed by atoms with Crippen molar-refractivity contribution in [2.24, 2.45) is 7.05 Å². The molecule has 3 rings (SSSR count). The zero-order valence-corrected chi connectivity index (χ0v) is 16.4. The standard InChI is InChI=1S/C21H25N3S/c1-15-8-6-7-9-18(15)19-22-23-20(24(19)5)25-14-16-10-12-17(13-11-16)21(2,3)4/h6-13H,14H2,1-5H3. The zero-order valence-electron chi connectivity index (χ0n) is 15.6. The van der Waals surface area contributed by atoms with Gasteiger partial charge in [0, 0.05) is 18.4 Å². The van der Waals surface area contributed by atoms with E-state index < -0.39 is 0 Å². The van der Waals surface area contributed by atoms with Gasteiger partial charge >= 0.3 is 0 Å². The Morgan fingerprint density at radius 2 is 1.64 bits per heavy atom. The number of aromatic nitrogens is 3. The zero-order chi connectivity index (χ0) is 18.0. The van der Waals surface area contributed by atoms with Gasteiger partial charge in [-0.2, -0.15) is 0 Å². The lowest BCUT2D eigenvalue weighted by molar-refractivity contribution is 0.590. The van der Waals surface area contributed by atoms with Gasteiger partial charge in [0.1, 0.15) is 0 Å². The second-order valence-electron chi connectivity index (χ2n) is 7.42. The fraction of sp³-hybridized carbons (Fsp3) is 0.333. The van der Waals surface area contributed by atoms with Gasteiger partial charge in [-0.3, -0.25) is 0 Å². The Kier molecular flexibility index (Phi) is 5.00. The van der Waals surface area contributed by atoms with Crippen molar-refractivity contribution in [1.82, 2.24) is 14.8 Å². The molecule has 0 radical (unpaired) electrons. The summed E-state index contributed by atoms with van der Waals surface area (Å²) < 4.78 is 2.08. The third-order valence-electron chi connectivity index (χ3n) is 4.41. The molecule has 0 saturated heterocycles. The van der Waals surface area contributed by atoms with E-state index in [2.05, 4.69) is 78.9 Å². The van der Waals surface area contributed by atoms with Crippen molar-refractivity contribution < 1.29 is 0 Å². The molecule has 0 saturated carbocycles. The summed E-state index contributed by atoms with van der Waals surface area (Å²) in [5.74, 6) is 1.81. The Labute approximate surface area is 154 Å². The second-order valence-corrected chi connectivity index (χ2v) is 8.36. The van der Waals surface area contributed by atoms with Crippen LogP contribution in [0.5, 0.6) is 0 Å². The first-order valence-corrected chi connectivity index (χ1v) is 9.52. The molecule has 2 aromatic carbocycles. The molecule has 0 atom stereocenters. The molecule has 0 fully saturated rings. The molecule has 0 spiro atoms. The first-order valence-electron chi connectivity index (χ1n) is 8.54. The molecule has 0 N–H and O–H groups in total. The van der Waals surface area contributed by atoms with Gasteiger partial charge in [0.05, 0.1) is 0 Å². The van der Waals surface area contributed by atoms with Gasteiger partial charge in [-0.05, 0) is 29.0 Å². The largest absolute Gasteiger partial charge is 0.305 e. The first-order chi connectivity index (χ1) is 11.9. The molecule has 0 bridgehead atoms. The van der Waals surface area contributed by atoms with Gasteiger partial charge in [0.25, 0.3) is 0 Å². The molecule has 0 unspecified atom stereocenters. The van der Waals surface area contributed by atoms with E-state index in [1.807, 2.05) is 19.2 Å². The van der Waals surface area contributed by atoms with Gasteiger partial charge in [0.2, 0.25) is 0 Å². The topological polar surface area (TPSA) is 30.7 Å². The first kappa shape index (κ1) is 17.7. The highest BCUT2D eigenvalue weighted by Gasteiger charge is 2.14. The van der Waals surface area contributed by atoms with Gasteiger partial charge in [-0.15, -0.1) is 10.2 Å². The molecular weight excluding hydrogens is 326 g/mol. The smallest absolute Gasteiger partial charge is 0.191 e. The summed E-state index contributed by atoms with van der Waals surface area (Å²) in [6.45, 7) is 8.82. The fourth-order valence-corrected chi connectivity index (χ4v) is 3.61. The molecule has 130 valence electrons. The number of thioether (sulfide) groups is 1. The van der Waals surface area contributed by atoms with Crippen molar-refractivity contribution in [3.8, 4) is 11.4 Å². The molecule has 0 aliphatic carbocycles. The molecule has 0 amide bonds. The number of hydrogen-bond acceptors (Lipinski definition) is 3. The Bertz CT molecular complexity index is 858. The molecule has 25 heavy (non-hydrogen) atoms. The molecule has 4 heteroatoms. The van der Waals surface area contributed by atoms with Crippen molar-refractivity contribution >= 4 is 11.8 Å². The van der Waals surface area contributed by atoms with Crippen LogP contribution in [0.15, 0.2) is 53.7 Å². The third kappa shape index (κ3) is 3.96. The Morgan fingerprint density at radius 3 is 2.28 bits per heavy atom. The molecular formula is C21H25N3S. The molecule has 0 aliphatic heterocycles. The van der Waals surface area contributed by atoms with E-state index in [1.165, 1.54) is 16.7 Å². The van der Waals surface area contributed by atoms with Crippen LogP contribution in [0.3, 0.4) is 0 Å². The average Bonchev–Trinajstić information content (AvgIpc) is 2.94. The van der Waals surface area contributed by atoms with E-state index in [0.717, 1.165) is 22.3 Å². The predicted molar refractivity (Wildman–Crippen MR) is 106 cm³/mol. The maximum atomic E-state index is 4.40. The number of hydrogen-bond donors (Lipinski definition) is 0. The van der Waals surface area contributed by atoms with Crippen molar-refractivity contribution in [3.05, 3.63) is 65.2 Å². The molecule has 0 aliphatic rings. The molecule has 3 nitrogen and oxygen atoms in total. The Balaban J connectivity index is 1.74. The minimum atomic E-state index is 0.192. The minimum Gasteiger partial charge on any atom is -0.305 e. The highest BCUT2D eigenvalue weighted by atomic mass is 32.2. The van der Waals surface area contributed by atoms with Crippen LogP contribution in [0.1, 0.15) is 37.5 Å². The van der Waals surface area contributed by atoms with Crippen LogP contribution < -0.4 is 0 Å². The van der Waals surface area contributed by atoms with Crippen molar-refractivity contribution in [2.45, 2.75) is 44.0 Å². The Hall–Kier alpha value is -2.07. The number of benzene rings is 2. The van der Waals surface area contributed by atoms with Crippen molar-refractivity contribution in [3.63, 3.8) is 0 Å². The highest BCUT2D eigenvalue weighted by molar-refractivity contribution is 7.98. The van der Waals surface area contributed by atoms with Gasteiger partial charge < -0.3 is 4.57 Å². The van der Waals surface area contributed by atoms with Crippen LogP contribution in [-0.2, 0) is 18.2 Å². The van der Waals surface area contributed by atoms with Crippen molar-refractivity contribution in [1.29, 1.82) is 0 Å².